The van der Waals surface area contributed by atoms with E-state index in [4.69, 9.17) is 18.7 Å². The van der Waals surface area contributed by atoms with Crippen LogP contribution >= 0.6 is 0 Å². The Morgan fingerprint density at radius 2 is 1.97 bits per heavy atom. The summed E-state index contributed by atoms with van der Waals surface area (Å²) >= 11 is 0. The van der Waals surface area contributed by atoms with Crippen molar-refractivity contribution < 1.29 is 27.9 Å². The number of benzene rings is 1. The molecule has 2 aliphatic heterocycles. The van der Waals surface area contributed by atoms with Crippen molar-refractivity contribution in [3.63, 3.8) is 0 Å². The van der Waals surface area contributed by atoms with Crippen LogP contribution in [-0.4, -0.2) is 67.0 Å². The molecule has 2 aliphatic rings. The van der Waals surface area contributed by atoms with E-state index >= 15 is 0 Å². The van der Waals surface area contributed by atoms with Crippen LogP contribution in [0.5, 0.6) is 0 Å². The zero-order valence-electron chi connectivity index (χ0n) is 19.1. The lowest BCUT2D eigenvalue weighted by molar-refractivity contribution is -0.168. The Hall–Kier alpha value is -2.46. The molecule has 0 saturated carbocycles. The monoisotopic (exact) mass is 445 g/mol. The van der Waals surface area contributed by atoms with Gasteiger partial charge < -0.3 is 23.6 Å². The lowest BCUT2D eigenvalue weighted by Gasteiger charge is -2.47. The number of likely N-dealkylation sites (tertiary alicyclic amines) is 1. The Balaban J connectivity index is 1.43. The molecule has 4 rings (SSSR count). The van der Waals surface area contributed by atoms with Crippen LogP contribution in [0.15, 0.2) is 22.7 Å². The van der Waals surface area contributed by atoms with Crippen LogP contribution in [0.1, 0.15) is 39.7 Å². The van der Waals surface area contributed by atoms with Gasteiger partial charge in [0.2, 0.25) is 5.82 Å². The number of nitrogens with zero attached hydrogens (tertiary/aromatic N) is 3. The van der Waals surface area contributed by atoms with Gasteiger partial charge in [-0.3, -0.25) is 0 Å². The van der Waals surface area contributed by atoms with Gasteiger partial charge in [-0.2, -0.15) is 4.98 Å². The number of hydrogen-bond acceptors (Lipinski definition) is 7. The van der Waals surface area contributed by atoms with Gasteiger partial charge in [0.1, 0.15) is 25.4 Å². The van der Waals surface area contributed by atoms with Gasteiger partial charge in [0.25, 0.3) is 5.89 Å². The molecule has 172 valence electrons. The van der Waals surface area contributed by atoms with Crippen LogP contribution in [-0.2, 0) is 14.2 Å². The van der Waals surface area contributed by atoms with Gasteiger partial charge in [-0.25, -0.2) is 9.18 Å². The molecule has 2 aromatic rings. The standard InChI is InChI=1S/C22H29BFN3O5/c1-12(20-25-19(26-32-20)16-6-5-15(23)7-17(16)24)30-18-13-8-27(9-14(18)11-29-10-13)21(28)31-22(2,3)4/h5-7,12-14,18H,8-11,23H2,1-4H3/t12-,13?,14?,18?/m1/s1. The summed E-state index contributed by atoms with van der Waals surface area (Å²) in [5, 5.41) is 3.93. The first-order valence-electron chi connectivity index (χ1n) is 10.9. The molecule has 2 bridgehead atoms. The fraction of sp³-hybridized carbons (Fsp3) is 0.591. The fourth-order valence-electron chi connectivity index (χ4n) is 4.20. The number of piperidine rings is 1. The third-order valence-electron chi connectivity index (χ3n) is 5.67. The molecule has 0 spiro atoms. The molecule has 2 unspecified atom stereocenters. The number of aromatic nitrogens is 2. The Morgan fingerprint density at radius 1 is 1.28 bits per heavy atom. The molecular formula is C22H29BFN3O5. The number of hydrogen-bond donors (Lipinski definition) is 0. The molecule has 1 aromatic heterocycles. The first kappa shape index (κ1) is 22.7. The van der Waals surface area contributed by atoms with Gasteiger partial charge in [0.05, 0.1) is 24.9 Å². The average molecular weight is 445 g/mol. The number of ether oxygens (including phenoxy) is 3. The van der Waals surface area contributed by atoms with Gasteiger partial charge in [-0.1, -0.05) is 16.7 Å². The molecule has 0 radical (unpaired) electrons. The van der Waals surface area contributed by atoms with Crippen molar-refractivity contribution in [1.29, 1.82) is 0 Å². The molecule has 32 heavy (non-hydrogen) atoms. The van der Waals surface area contributed by atoms with E-state index in [1.807, 2.05) is 35.5 Å². The van der Waals surface area contributed by atoms with Crippen LogP contribution in [0.2, 0.25) is 0 Å². The highest BCUT2D eigenvalue weighted by Crippen LogP contribution is 2.34. The minimum Gasteiger partial charge on any atom is -0.444 e. The van der Waals surface area contributed by atoms with Crippen molar-refractivity contribution in [3.8, 4) is 11.4 Å². The molecular weight excluding hydrogens is 416 g/mol. The zero-order chi connectivity index (χ0) is 23.0. The first-order chi connectivity index (χ1) is 15.1. The first-order valence-corrected chi connectivity index (χ1v) is 10.9. The molecule has 0 N–H and O–H groups in total. The van der Waals surface area contributed by atoms with Crippen LogP contribution in [0.3, 0.4) is 0 Å². The number of carbonyl (C=O) groups is 1. The summed E-state index contributed by atoms with van der Waals surface area (Å²) in [7, 11) is 1.82. The summed E-state index contributed by atoms with van der Waals surface area (Å²) in [5.74, 6) is 0.0979. The van der Waals surface area contributed by atoms with E-state index in [1.54, 1.807) is 17.0 Å². The maximum Gasteiger partial charge on any atom is 0.410 e. The van der Waals surface area contributed by atoms with Gasteiger partial charge >= 0.3 is 6.09 Å². The quantitative estimate of drug-likeness (QED) is 0.667. The minimum absolute atomic E-state index is 0.00871. The van der Waals surface area contributed by atoms with E-state index in [0.717, 1.165) is 5.46 Å². The second kappa shape index (κ2) is 8.82. The number of rotatable bonds is 4. The van der Waals surface area contributed by atoms with E-state index in [1.165, 1.54) is 6.07 Å². The molecule has 2 saturated heterocycles. The normalized spacial score (nSPS) is 24.3. The summed E-state index contributed by atoms with van der Waals surface area (Å²) in [6.07, 6.45) is -0.919. The van der Waals surface area contributed by atoms with E-state index in [-0.39, 0.29) is 41.3 Å². The van der Waals surface area contributed by atoms with Crippen molar-refractivity contribution in [3.05, 3.63) is 29.9 Å². The van der Waals surface area contributed by atoms with Crippen molar-refractivity contribution in [2.75, 3.05) is 26.3 Å². The predicted molar refractivity (Wildman–Crippen MR) is 117 cm³/mol. The van der Waals surface area contributed by atoms with Crippen LogP contribution in [0, 0.1) is 17.7 Å². The van der Waals surface area contributed by atoms with Gasteiger partial charge in [-0.15, -0.1) is 0 Å². The van der Waals surface area contributed by atoms with E-state index in [9.17, 15) is 9.18 Å². The third kappa shape index (κ3) is 4.96. The number of halogens is 1. The second-order valence-electron chi connectivity index (χ2n) is 9.63. The third-order valence-corrected chi connectivity index (χ3v) is 5.67. The molecule has 0 aliphatic carbocycles. The van der Waals surface area contributed by atoms with Crippen molar-refractivity contribution >= 4 is 19.4 Å². The molecule has 10 heteroatoms. The molecule has 3 heterocycles. The van der Waals surface area contributed by atoms with E-state index < -0.39 is 17.5 Å². The maximum absolute atomic E-state index is 14.3. The summed E-state index contributed by atoms with van der Waals surface area (Å²) in [6.45, 7) is 9.38. The highest BCUT2D eigenvalue weighted by atomic mass is 19.1. The molecule has 1 amide bonds. The average Bonchev–Trinajstić information content (AvgIpc) is 3.16. The smallest absolute Gasteiger partial charge is 0.410 e. The number of amides is 1. The molecule has 8 nitrogen and oxygen atoms in total. The second-order valence-corrected chi connectivity index (χ2v) is 9.63. The van der Waals surface area contributed by atoms with Crippen LogP contribution in [0.25, 0.3) is 11.4 Å². The predicted octanol–water partition coefficient (Wildman–Crippen LogP) is 2.09. The molecule has 2 fully saturated rings. The van der Waals surface area contributed by atoms with Crippen LogP contribution < -0.4 is 5.46 Å². The molecule has 1 aromatic carbocycles. The topological polar surface area (TPSA) is 86.9 Å². The summed E-state index contributed by atoms with van der Waals surface area (Å²) in [6, 6.07) is 4.87. The van der Waals surface area contributed by atoms with Crippen LogP contribution in [0.4, 0.5) is 9.18 Å². The Bertz CT molecular complexity index is 965. The van der Waals surface area contributed by atoms with E-state index in [0.29, 0.717) is 26.3 Å². The van der Waals surface area contributed by atoms with Gasteiger partial charge in [0.15, 0.2) is 0 Å². The van der Waals surface area contributed by atoms with Crippen molar-refractivity contribution in [1.82, 2.24) is 15.0 Å². The highest BCUT2D eigenvalue weighted by Gasteiger charge is 2.44. The van der Waals surface area contributed by atoms with Gasteiger partial charge in [0, 0.05) is 24.9 Å². The zero-order valence-corrected chi connectivity index (χ0v) is 19.1. The highest BCUT2D eigenvalue weighted by molar-refractivity contribution is 6.32. The van der Waals surface area contributed by atoms with Gasteiger partial charge in [-0.05, 0) is 39.8 Å². The Labute approximate surface area is 187 Å². The Morgan fingerprint density at radius 3 is 2.59 bits per heavy atom. The Kier molecular flexibility index (Phi) is 6.27. The lowest BCUT2D eigenvalue weighted by Crippen LogP contribution is -2.58. The summed E-state index contributed by atoms with van der Waals surface area (Å²) < 4.78 is 37.2. The molecule has 3 atom stereocenters. The summed E-state index contributed by atoms with van der Waals surface area (Å²) in [5.41, 5.74) is 0.559. The van der Waals surface area contributed by atoms with Crippen molar-refractivity contribution in [2.24, 2.45) is 11.8 Å². The number of fused-ring (bicyclic) bond motifs is 2. The maximum atomic E-state index is 14.3. The summed E-state index contributed by atoms with van der Waals surface area (Å²) in [4.78, 5) is 18.6. The number of carbonyl (C=O) groups excluding carboxylic acids is 1. The SMILES string of the molecule is Bc1ccc(-c2noc([C@@H](C)OC3C4COCC3CN(C(=O)OC(C)(C)C)C4)n2)c(F)c1. The fourth-order valence-corrected chi connectivity index (χ4v) is 4.20. The largest absolute Gasteiger partial charge is 0.444 e. The minimum atomic E-state index is -0.545. The van der Waals surface area contributed by atoms with Crippen molar-refractivity contribution in [2.45, 2.75) is 45.5 Å². The van der Waals surface area contributed by atoms with E-state index in [2.05, 4.69) is 10.1 Å². The lowest BCUT2D eigenvalue weighted by atomic mass is 9.84.